The molecule has 2 rings (SSSR count). The Labute approximate surface area is 160 Å². The van der Waals surface area contributed by atoms with Gasteiger partial charge in [-0.3, -0.25) is 9.59 Å². The van der Waals surface area contributed by atoms with Crippen LogP contribution in [0.25, 0.3) is 6.08 Å². The van der Waals surface area contributed by atoms with E-state index in [0.717, 1.165) is 16.9 Å². The molecule has 0 saturated heterocycles. The smallest absolute Gasteiger partial charge is 0.260 e. The molecule has 6 nitrogen and oxygen atoms in total. The summed E-state index contributed by atoms with van der Waals surface area (Å²) in [7, 11) is 1.83. The molecule has 0 aliphatic heterocycles. The van der Waals surface area contributed by atoms with Crippen molar-refractivity contribution >= 4 is 23.6 Å². The van der Waals surface area contributed by atoms with Crippen LogP contribution in [0.4, 0.5) is 5.69 Å². The summed E-state index contributed by atoms with van der Waals surface area (Å²) in [5.74, 6) is -0.516. The van der Waals surface area contributed by atoms with E-state index in [4.69, 9.17) is 0 Å². The molecule has 2 amide bonds. The van der Waals surface area contributed by atoms with Gasteiger partial charge in [-0.1, -0.05) is 49.9 Å². The number of amides is 2. The highest BCUT2D eigenvalue weighted by atomic mass is 16.2. The number of anilines is 1. The molecule has 1 aromatic carbocycles. The van der Waals surface area contributed by atoms with Crippen LogP contribution < -0.4 is 10.3 Å². The number of hydrazine groups is 1. The summed E-state index contributed by atoms with van der Waals surface area (Å²) in [4.78, 5) is 28.4. The van der Waals surface area contributed by atoms with Crippen molar-refractivity contribution in [1.82, 2.24) is 15.3 Å². The largest absolute Gasteiger partial charge is 0.364 e. The predicted molar refractivity (Wildman–Crippen MR) is 109 cm³/mol. The number of nitrogens with zero attached hydrogens (tertiary/aromatic N) is 2. The van der Waals surface area contributed by atoms with Crippen LogP contribution in [0.15, 0.2) is 55.3 Å². The molecule has 0 atom stereocenters. The van der Waals surface area contributed by atoms with Crippen LogP contribution >= 0.6 is 0 Å². The zero-order valence-corrected chi connectivity index (χ0v) is 16.0. The van der Waals surface area contributed by atoms with Crippen LogP contribution in [-0.4, -0.2) is 41.9 Å². The van der Waals surface area contributed by atoms with E-state index in [2.05, 4.69) is 16.9 Å². The van der Waals surface area contributed by atoms with E-state index in [1.165, 1.54) is 0 Å². The van der Waals surface area contributed by atoms with Crippen molar-refractivity contribution in [2.24, 2.45) is 0 Å². The Morgan fingerprint density at radius 2 is 1.96 bits per heavy atom. The van der Waals surface area contributed by atoms with Gasteiger partial charge in [0.1, 0.15) is 0 Å². The van der Waals surface area contributed by atoms with E-state index >= 15 is 0 Å². The lowest BCUT2D eigenvalue weighted by Gasteiger charge is -2.31. The van der Waals surface area contributed by atoms with Gasteiger partial charge in [-0.25, -0.2) is 10.0 Å². The van der Waals surface area contributed by atoms with Crippen molar-refractivity contribution in [2.45, 2.75) is 13.8 Å². The number of aromatic amines is 1. The van der Waals surface area contributed by atoms with Gasteiger partial charge in [0.15, 0.2) is 0 Å². The third kappa shape index (κ3) is 4.95. The van der Waals surface area contributed by atoms with Crippen molar-refractivity contribution in [3.05, 3.63) is 72.1 Å². The third-order valence-electron chi connectivity index (χ3n) is 4.21. The molecule has 6 heteroatoms. The van der Waals surface area contributed by atoms with Gasteiger partial charge in [0.2, 0.25) is 0 Å². The number of nitrogens with one attached hydrogen (secondary N) is 2. The first-order valence-corrected chi connectivity index (χ1v) is 8.83. The molecule has 1 heterocycles. The second-order valence-corrected chi connectivity index (χ2v) is 6.03. The number of benzene rings is 1. The summed E-state index contributed by atoms with van der Waals surface area (Å²) in [5.41, 5.74) is 2.91. The van der Waals surface area contributed by atoms with Crippen LogP contribution in [0.2, 0.25) is 0 Å². The van der Waals surface area contributed by atoms with Gasteiger partial charge in [-0.2, -0.15) is 0 Å². The van der Waals surface area contributed by atoms with Gasteiger partial charge in [0, 0.05) is 31.0 Å². The van der Waals surface area contributed by atoms with Gasteiger partial charge in [-0.05, 0) is 19.1 Å². The lowest BCUT2D eigenvalue weighted by molar-refractivity contribution is -0.120. The van der Waals surface area contributed by atoms with Gasteiger partial charge in [0.05, 0.1) is 17.8 Å². The number of H-pyrrole nitrogens is 1. The van der Waals surface area contributed by atoms with E-state index in [-0.39, 0.29) is 18.4 Å². The summed E-state index contributed by atoms with van der Waals surface area (Å²) < 4.78 is 0. The maximum Gasteiger partial charge on any atom is 0.260 e. The Morgan fingerprint density at radius 1 is 1.26 bits per heavy atom. The second-order valence-electron chi connectivity index (χ2n) is 6.03. The maximum atomic E-state index is 12.8. The number of rotatable bonds is 8. The van der Waals surface area contributed by atoms with Crippen molar-refractivity contribution in [2.75, 3.05) is 25.1 Å². The Kier molecular flexibility index (Phi) is 7.14. The van der Waals surface area contributed by atoms with Gasteiger partial charge >= 0.3 is 0 Å². The highest BCUT2D eigenvalue weighted by molar-refractivity contribution is 6.02. The standard InChI is InChI=1S/C21H26N4O2/c1-5-7-13-18-16(3)22-14-19(18)21(27)23-15-20(26)25(24(4)6-2)17-11-9-8-10-12-17/h5,7-14,22H,1,6,15H2,2-4H3,(H,23,27)/b13-7-. The predicted octanol–water partition coefficient (Wildman–Crippen LogP) is 3.15. The molecule has 0 aliphatic carbocycles. The third-order valence-corrected chi connectivity index (χ3v) is 4.21. The quantitative estimate of drug-likeness (QED) is 0.557. The van der Waals surface area contributed by atoms with E-state index in [9.17, 15) is 9.59 Å². The topological polar surface area (TPSA) is 68.4 Å². The van der Waals surface area contributed by atoms with Crippen molar-refractivity contribution in [3.8, 4) is 0 Å². The van der Waals surface area contributed by atoms with Crippen LogP contribution in [0.3, 0.4) is 0 Å². The Morgan fingerprint density at radius 3 is 2.59 bits per heavy atom. The van der Waals surface area contributed by atoms with Gasteiger partial charge in [-0.15, -0.1) is 0 Å². The zero-order valence-electron chi connectivity index (χ0n) is 16.0. The van der Waals surface area contributed by atoms with Crippen LogP contribution in [0, 0.1) is 6.92 Å². The minimum atomic E-state index is -0.302. The van der Waals surface area contributed by atoms with Gasteiger partial charge < -0.3 is 10.3 Å². The number of aryl methyl sites for hydroxylation is 1. The van der Waals surface area contributed by atoms with Crippen molar-refractivity contribution in [3.63, 3.8) is 0 Å². The average molecular weight is 366 g/mol. The first-order valence-electron chi connectivity index (χ1n) is 8.83. The van der Waals surface area contributed by atoms with Crippen molar-refractivity contribution in [1.29, 1.82) is 0 Å². The molecule has 2 N–H and O–H groups in total. The fraction of sp³-hybridized carbons (Fsp3) is 0.238. The lowest BCUT2D eigenvalue weighted by atomic mass is 10.1. The molecule has 0 spiro atoms. The van der Waals surface area contributed by atoms with E-state index in [0.29, 0.717) is 12.1 Å². The molecule has 142 valence electrons. The number of allylic oxidation sites excluding steroid dienone is 2. The molecule has 2 aromatic rings. The van der Waals surface area contributed by atoms with Crippen LogP contribution in [0.5, 0.6) is 0 Å². The van der Waals surface area contributed by atoms with E-state index in [1.807, 2.05) is 62.3 Å². The normalized spacial score (nSPS) is 11.0. The SMILES string of the molecule is C=C/C=C\c1c(C(=O)NCC(=O)N(c2ccccc2)N(C)CC)c[nH]c1C. The molecule has 0 saturated carbocycles. The number of hydrogen-bond donors (Lipinski definition) is 2. The number of carbonyl (C=O) groups is 2. The number of carbonyl (C=O) groups excluding carboxylic acids is 2. The molecular formula is C21H26N4O2. The monoisotopic (exact) mass is 366 g/mol. The van der Waals surface area contributed by atoms with E-state index in [1.54, 1.807) is 23.4 Å². The molecule has 27 heavy (non-hydrogen) atoms. The first kappa shape index (κ1) is 20.2. The minimum absolute atomic E-state index is 0.104. The Balaban J connectivity index is 2.12. The highest BCUT2D eigenvalue weighted by Crippen LogP contribution is 2.17. The van der Waals surface area contributed by atoms with Crippen molar-refractivity contribution < 1.29 is 9.59 Å². The maximum absolute atomic E-state index is 12.8. The molecule has 0 aliphatic rings. The Hall–Kier alpha value is -3.12. The van der Waals surface area contributed by atoms with Crippen LogP contribution in [-0.2, 0) is 4.79 Å². The number of aromatic nitrogens is 1. The molecule has 0 radical (unpaired) electrons. The average Bonchev–Trinajstić information content (AvgIpc) is 3.05. The highest BCUT2D eigenvalue weighted by Gasteiger charge is 2.21. The van der Waals surface area contributed by atoms with Gasteiger partial charge in [0.25, 0.3) is 11.8 Å². The fourth-order valence-electron chi connectivity index (χ4n) is 2.67. The molecule has 0 fully saturated rings. The molecule has 0 bridgehead atoms. The number of para-hydroxylation sites is 1. The summed E-state index contributed by atoms with van der Waals surface area (Å²) >= 11 is 0. The molecular weight excluding hydrogens is 340 g/mol. The molecule has 0 unspecified atom stereocenters. The summed E-state index contributed by atoms with van der Waals surface area (Å²) in [5, 5.41) is 6.10. The fourth-order valence-corrected chi connectivity index (χ4v) is 2.67. The Bertz CT molecular complexity index is 824. The first-order chi connectivity index (χ1) is 13.0. The second kappa shape index (κ2) is 9.54. The van der Waals surface area contributed by atoms with Crippen LogP contribution in [0.1, 0.15) is 28.5 Å². The summed E-state index contributed by atoms with van der Waals surface area (Å²) in [6, 6.07) is 9.36. The number of hydrogen-bond acceptors (Lipinski definition) is 3. The summed E-state index contributed by atoms with van der Waals surface area (Å²) in [6.07, 6.45) is 6.88. The van der Waals surface area contributed by atoms with E-state index < -0.39 is 0 Å². The summed E-state index contributed by atoms with van der Waals surface area (Å²) in [6.45, 7) is 8.04. The lowest BCUT2D eigenvalue weighted by Crippen LogP contribution is -2.48. The minimum Gasteiger partial charge on any atom is -0.364 e. The zero-order chi connectivity index (χ0) is 19.8. The molecule has 1 aromatic heterocycles.